The predicted molar refractivity (Wildman–Crippen MR) is 78.9 cm³/mol. The maximum Gasteiger partial charge on any atom is 0.271 e. The van der Waals surface area contributed by atoms with Gasteiger partial charge in [-0.3, -0.25) is 14.9 Å². The van der Waals surface area contributed by atoms with Gasteiger partial charge in [-0.1, -0.05) is 22.9 Å². The molecule has 0 saturated heterocycles. The Morgan fingerprint density at radius 2 is 2.05 bits per heavy atom. The minimum absolute atomic E-state index is 0. The van der Waals surface area contributed by atoms with E-state index in [0.29, 0.717) is 17.6 Å². The van der Waals surface area contributed by atoms with E-state index in [1.165, 1.54) is 12.1 Å². The summed E-state index contributed by atoms with van der Waals surface area (Å²) in [5.41, 5.74) is 0.161. The zero-order valence-electron chi connectivity index (χ0n) is 10.3. The van der Waals surface area contributed by atoms with Crippen LogP contribution in [0.15, 0.2) is 22.7 Å². The van der Waals surface area contributed by atoms with Crippen molar-refractivity contribution in [2.45, 2.75) is 6.92 Å². The van der Waals surface area contributed by atoms with Crippen molar-refractivity contribution in [2.75, 3.05) is 19.6 Å². The SMILES string of the molecule is CCNCCNC(=O)c1cc(Br)cc([N+](=O)[O-])c1.Cl. The van der Waals surface area contributed by atoms with Gasteiger partial charge in [0.15, 0.2) is 0 Å². The third-order valence-electron chi connectivity index (χ3n) is 2.19. The number of non-ortho nitro benzene ring substituents is 1. The molecular weight excluding hydrogens is 337 g/mol. The zero-order valence-corrected chi connectivity index (χ0v) is 12.7. The summed E-state index contributed by atoms with van der Waals surface area (Å²) in [6.45, 7) is 3.95. The quantitative estimate of drug-likeness (QED) is 0.466. The van der Waals surface area contributed by atoms with Crippen LogP contribution in [0.2, 0.25) is 0 Å². The van der Waals surface area contributed by atoms with E-state index in [1.54, 1.807) is 6.07 Å². The molecule has 0 spiro atoms. The number of nitro groups is 1. The molecule has 8 heteroatoms. The van der Waals surface area contributed by atoms with Gasteiger partial charge in [0.25, 0.3) is 11.6 Å². The molecule has 0 fully saturated rings. The molecule has 0 aliphatic heterocycles. The highest BCUT2D eigenvalue weighted by Crippen LogP contribution is 2.21. The molecule has 1 aromatic rings. The van der Waals surface area contributed by atoms with Crippen LogP contribution in [0.5, 0.6) is 0 Å². The third-order valence-corrected chi connectivity index (χ3v) is 2.65. The number of carbonyl (C=O) groups excluding carboxylic acids is 1. The van der Waals surface area contributed by atoms with Gasteiger partial charge in [-0.05, 0) is 12.6 Å². The molecule has 106 valence electrons. The van der Waals surface area contributed by atoms with Gasteiger partial charge in [0, 0.05) is 35.3 Å². The Hall–Kier alpha value is -1.18. The van der Waals surface area contributed by atoms with Crippen molar-refractivity contribution in [2.24, 2.45) is 0 Å². The molecule has 0 aromatic heterocycles. The zero-order chi connectivity index (χ0) is 13.5. The number of hydrogen-bond donors (Lipinski definition) is 2. The van der Waals surface area contributed by atoms with Gasteiger partial charge in [-0.15, -0.1) is 12.4 Å². The van der Waals surface area contributed by atoms with Crippen LogP contribution in [0.4, 0.5) is 5.69 Å². The second-order valence-electron chi connectivity index (χ2n) is 3.56. The summed E-state index contributed by atoms with van der Waals surface area (Å²) >= 11 is 3.15. The second kappa shape index (κ2) is 8.84. The van der Waals surface area contributed by atoms with E-state index in [1.807, 2.05) is 6.92 Å². The average molecular weight is 353 g/mol. The van der Waals surface area contributed by atoms with Crippen LogP contribution in [0, 0.1) is 10.1 Å². The van der Waals surface area contributed by atoms with E-state index in [2.05, 4.69) is 26.6 Å². The first kappa shape index (κ1) is 17.8. The number of likely N-dealkylation sites (N-methyl/N-ethyl adjacent to an activating group) is 1. The fourth-order valence-corrected chi connectivity index (χ4v) is 1.84. The number of amides is 1. The first-order chi connectivity index (χ1) is 8.54. The number of rotatable bonds is 6. The number of carbonyl (C=O) groups is 1. The molecule has 0 aliphatic rings. The summed E-state index contributed by atoms with van der Waals surface area (Å²) in [6.07, 6.45) is 0. The van der Waals surface area contributed by atoms with Crippen molar-refractivity contribution in [3.05, 3.63) is 38.3 Å². The Bertz CT molecular complexity index is 457. The maximum atomic E-state index is 11.8. The van der Waals surface area contributed by atoms with Gasteiger partial charge >= 0.3 is 0 Å². The van der Waals surface area contributed by atoms with E-state index in [0.717, 1.165) is 6.54 Å². The number of nitrogens with zero attached hydrogens (tertiary/aromatic N) is 1. The van der Waals surface area contributed by atoms with E-state index in [9.17, 15) is 14.9 Å². The summed E-state index contributed by atoms with van der Waals surface area (Å²) in [5.74, 6) is -0.322. The largest absolute Gasteiger partial charge is 0.351 e. The van der Waals surface area contributed by atoms with Crippen molar-refractivity contribution >= 4 is 39.9 Å². The van der Waals surface area contributed by atoms with E-state index < -0.39 is 4.92 Å². The van der Waals surface area contributed by atoms with E-state index in [4.69, 9.17) is 0 Å². The average Bonchev–Trinajstić information content (AvgIpc) is 2.33. The van der Waals surface area contributed by atoms with Crippen LogP contribution >= 0.6 is 28.3 Å². The topological polar surface area (TPSA) is 84.3 Å². The smallest absolute Gasteiger partial charge is 0.271 e. The van der Waals surface area contributed by atoms with Crippen LogP contribution in [0.3, 0.4) is 0 Å². The van der Waals surface area contributed by atoms with Crippen LogP contribution < -0.4 is 10.6 Å². The summed E-state index contributed by atoms with van der Waals surface area (Å²) in [4.78, 5) is 21.9. The lowest BCUT2D eigenvalue weighted by molar-refractivity contribution is -0.385. The Kier molecular flexibility index (Phi) is 8.29. The molecule has 19 heavy (non-hydrogen) atoms. The van der Waals surface area contributed by atoms with Crippen molar-refractivity contribution in [3.8, 4) is 0 Å². The molecule has 0 bridgehead atoms. The first-order valence-corrected chi connectivity index (χ1v) is 6.27. The molecule has 6 nitrogen and oxygen atoms in total. The summed E-state index contributed by atoms with van der Waals surface area (Å²) in [6, 6.07) is 4.17. The number of nitro benzene ring substituents is 1. The summed E-state index contributed by atoms with van der Waals surface area (Å²) < 4.78 is 0.508. The van der Waals surface area contributed by atoms with Crippen molar-refractivity contribution in [1.82, 2.24) is 10.6 Å². The van der Waals surface area contributed by atoms with Gasteiger partial charge in [-0.25, -0.2) is 0 Å². The lowest BCUT2D eigenvalue weighted by Crippen LogP contribution is -2.31. The van der Waals surface area contributed by atoms with E-state index in [-0.39, 0.29) is 29.6 Å². The number of hydrogen-bond acceptors (Lipinski definition) is 4. The Morgan fingerprint density at radius 1 is 1.37 bits per heavy atom. The molecule has 1 aromatic carbocycles. The molecular formula is C11H15BrClN3O3. The van der Waals surface area contributed by atoms with Gasteiger partial charge in [0.2, 0.25) is 0 Å². The second-order valence-corrected chi connectivity index (χ2v) is 4.48. The van der Waals surface area contributed by atoms with Crippen molar-refractivity contribution in [1.29, 1.82) is 0 Å². The predicted octanol–water partition coefficient (Wildman–Crippen LogP) is 2.12. The van der Waals surface area contributed by atoms with Gasteiger partial charge in [0.1, 0.15) is 0 Å². The molecule has 0 aliphatic carbocycles. The minimum Gasteiger partial charge on any atom is -0.351 e. The highest BCUT2D eigenvalue weighted by Gasteiger charge is 2.13. The Balaban J connectivity index is 0.00000324. The van der Waals surface area contributed by atoms with Gasteiger partial charge in [0.05, 0.1) is 4.92 Å². The van der Waals surface area contributed by atoms with E-state index >= 15 is 0 Å². The number of benzene rings is 1. The Labute approximate surface area is 125 Å². The highest BCUT2D eigenvalue weighted by atomic mass is 79.9. The van der Waals surface area contributed by atoms with Crippen molar-refractivity contribution < 1.29 is 9.72 Å². The summed E-state index contributed by atoms with van der Waals surface area (Å²) in [5, 5.41) is 16.4. The number of nitrogens with one attached hydrogen (secondary N) is 2. The molecule has 1 rings (SSSR count). The lowest BCUT2D eigenvalue weighted by Gasteiger charge is -2.06. The monoisotopic (exact) mass is 351 g/mol. The minimum atomic E-state index is -0.528. The van der Waals surface area contributed by atoms with Gasteiger partial charge < -0.3 is 10.6 Å². The molecule has 2 N–H and O–H groups in total. The normalized spacial score (nSPS) is 9.58. The van der Waals surface area contributed by atoms with Crippen molar-refractivity contribution in [3.63, 3.8) is 0 Å². The third kappa shape index (κ3) is 6.00. The molecule has 1 amide bonds. The Morgan fingerprint density at radius 3 is 2.63 bits per heavy atom. The van der Waals surface area contributed by atoms with Crippen LogP contribution in [-0.4, -0.2) is 30.5 Å². The lowest BCUT2D eigenvalue weighted by atomic mass is 10.2. The van der Waals surface area contributed by atoms with Crippen LogP contribution in [0.25, 0.3) is 0 Å². The molecule has 0 radical (unpaired) electrons. The first-order valence-electron chi connectivity index (χ1n) is 5.48. The fraction of sp³-hybridized carbons (Fsp3) is 0.364. The fourth-order valence-electron chi connectivity index (χ4n) is 1.35. The maximum absolute atomic E-state index is 11.8. The van der Waals surface area contributed by atoms with Crippen LogP contribution in [0.1, 0.15) is 17.3 Å². The molecule has 0 heterocycles. The van der Waals surface area contributed by atoms with Gasteiger partial charge in [-0.2, -0.15) is 0 Å². The van der Waals surface area contributed by atoms with Crippen LogP contribution in [-0.2, 0) is 0 Å². The number of halogens is 2. The standard InChI is InChI=1S/C11H14BrN3O3.ClH/c1-2-13-3-4-14-11(16)8-5-9(12)7-10(6-8)15(17)18;/h5-7,13H,2-4H2,1H3,(H,14,16);1H. The highest BCUT2D eigenvalue weighted by molar-refractivity contribution is 9.10. The molecule has 0 unspecified atom stereocenters. The summed E-state index contributed by atoms with van der Waals surface area (Å²) in [7, 11) is 0. The molecule has 0 saturated carbocycles. The molecule has 0 atom stereocenters.